The first-order valence-corrected chi connectivity index (χ1v) is 3.41. The summed E-state index contributed by atoms with van der Waals surface area (Å²) in [5.74, 6) is 0. The maximum atomic E-state index is 9.93. The number of nitrogens with zero attached hydrogens (tertiary/aromatic N) is 2. The van der Waals surface area contributed by atoms with Crippen molar-refractivity contribution in [1.82, 2.24) is 10.2 Å². The average molecular weight is 159 g/mol. The summed E-state index contributed by atoms with van der Waals surface area (Å²) < 4.78 is 0. The summed E-state index contributed by atoms with van der Waals surface area (Å²) in [6.07, 6.45) is 3.19. The highest BCUT2D eigenvalue weighted by Gasteiger charge is 1.95. The molecule has 12 heavy (non-hydrogen) atoms. The van der Waals surface area contributed by atoms with Gasteiger partial charge >= 0.3 is 0 Å². The number of aliphatic imine (C=N–C) groups is 1. The SMILES string of the molecule is O=C=Nc1ccc2cn[nH]c2c1. The molecular weight excluding hydrogens is 154 g/mol. The van der Waals surface area contributed by atoms with Crippen molar-refractivity contribution in [2.45, 2.75) is 0 Å². The molecule has 1 N–H and O–H groups in total. The molecule has 1 aromatic carbocycles. The summed E-state index contributed by atoms with van der Waals surface area (Å²) in [5.41, 5.74) is 1.45. The average Bonchev–Trinajstić information content (AvgIpc) is 2.51. The predicted molar refractivity (Wildman–Crippen MR) is 43.9 cm³/mol. The first kappa shape index (κ1) is 6.76. The van der Waals surface area contributed by atoms with E-state index in [0.717, 1.165) is 10.9 Å². The van der Waals surface area contributed by atoms with Gasteiger partial charge in [-0.05, 0) is 18.2 Å². The third-order valence-electron chi connectivity index (χ3n) is 1.60. The number of fused-ring (bicyclic) bond motifs is 1. The molecule has 0 radical (unpaired) electrons. The van der Waals surface area contributed by atoms with E-state index < -0.39 is 0 Å². The first-order valence-electron chi connectivity index (χ1n) is 3.41. The minimum absolute atomic E-state index is 0.585. The van der Waals surface area contributed by atoms with Crippen molar-refractivity contribution < 1.29 is 4.79 Å². The number of aromatic amines is 1. The Morgan fingerprint density at radius 3 is 3.25 bits per heavy atom. The van der Waals surface area contributed by atoms with E-state index in [1.807, 2.05) is 6.07 Å². The van der Waals surface area contributed by atoms with Crippen molar-refractivity contribution in [2.24, 2.45) is 4.99 Å². The maximum Gasteiger partial charge on any atom is 0.240 e. The standard InChI is InChI=1S/C8H5N3O/c12-5-9-7-2-1-6-4-10-11-8(6)3-7/h1-4H,(H,10,11). The van der Waals surface area contributed by atoms with Gasteiger partial charge in [-0.25, -0.2) is 4.79 Å². The Morgan fingerprint density at radius 1 is 1.50 bits per heavy atom. The van der Waals surface area contributed by atoms with E-state index in [2.05, 4.69) is 15.2 Å². The number of carbonyl (C=O) groups excluding carboxylic acids is 1. The van der Waals surface area contributed by atoms with Gasteiger partial charge in [0, 0.05) is 5.39 Å². The van der Waals surface area contributed by atoms with Crippen LogP contribution in [0.2, 0.25) is 0 Å². The lowest BCUT2D eigenvalue weighted by Crippen LogP contribution is -1.67. The fourth-order valence-corrected chi connectivity index (χ4v) is 1.05. The fourth-order valence-electron chi connectivity index (χ4n) is 1.05. The number of isocyanates is 1. The third kappa shape index (κ3) is 1.00. The lowest BCUT2D eigenvalue weighted by atomic mass is 10.2. The molecule has 0 spiro atoms. The Kier molecular flexibility index (Phi) is 1.47. The summed E-state index contributed by atoms with van der Waals surface area (Å²) in [5, 5.41) is 7.62. The fraction of sp³-hybridized carbons (Fsp3) is 0. The second-order valence-corrected chi connectivity index (χ2v) is 2.34. The van der Waals surface area contributed by atoms with Crippen molar-refractivity contribution in [1.29, 1.82) is 0 Å². The van der Waals surface area contributed by atoms with Crippen LogP contribution in [0.25, 0.3) is 10.9 Å². The number of H-pyrrole nitrogens is 1. The molecular formula is C8H5N3O. The second kappa shape index (κ2) is 2.60. The van der Waals surface area contributed by atoms with E-state index >= 15 is 0 Å². The molecule has 2 rings (SSSR count). The van der Waals surface area contributed by atoms with E-state index in [1.165, 1.54) is 6.08 Å². The van der Waals surface area contributed by atoms with Crippen LogP contribution in [-0.2, 0) is 4.79 Å². The smallest absolute Gasteiger partial charge is 0.240 e. The molecule has 0 aliphatic heterocycles. The lowest BCUT2D eigenvalue weighted by Gasteiger charge is -1.89. The molecule has 0 atom stereocenters. The van der Waals surface area contributed by atoms with Crippen molar-refractivity contribution in [2.75, 3.05) is 0 Å². The summed E-state index contributed by atoms with van der Waals surface area (Å²) >= 11 is 0. The summed E-state index contributed by atoms with van der Waals surface area (Å²) in [4.78, 5) is 13.4. The number of hydrogen-bond acceptors (Lipinski definition) is 3. The van der Waals surface area contributed by atoms with Crippen molar-refractivity contribution in [3.05, 3.63) is 24.4 Å². The van der Waals surface area contributed by atoms with Gasteiger partial charge in [0.05, 0.1) is 17.4 Å². The Balaban J connectivity index is 2.67. The maximum absolute atomic E-state index is 9.93. The highest BCUT2D eigenvalue weighted by molar-refractivity contribution is 5.81. The van der Waals surface area contributed by atoms with Crippen LogP contribution in [0.1, 0.15) is 0 Å². The molecule has 0 unspecified atom stereocenters. The predicted octanol–water partition coefficient (Wildman–Crippen LogP) is 1.53. The van der Waals surface area contributed by atoms with E-state index in [4.69, 9.17) is 0 Å². The van der Waals surface area contributed by atoms with Crippen molar-refractivity contribution in [3.63, 3.8) is 0 Å². The molecule has 0 bridgehead atoms. The van der Waals surface area contributed by atoms with Gasteiger partial charge in [0.2, 0.25) is 6.08 Å². The highest BCUT2D eigenvalue weighted by Crippen LogP contribution is 2.17. The van der Waals surface area contributed by atoms with Crippen LogP contribution in [0, 0.1) is 0 Å². The van der Waals surface area contributed by atoms with Crippen LogP contribution in [-0.4, -0.2) is 16.3 Å². The molecule has 0 fully saturated rings. The molecule has 4 nitrogen and oxygen atoms in total. The molecule has 0 saturated carbocycles. The Bertz CT molecular complexity index is 454. The summed E-state index contributed by atoms with van der Waals surface area (Å²) in [7, 11) is 0. The van der Waals surface area contributed by atoms with Crippen LogP contribution in [0.3, 0.4) is 0 Å². The first-order chi connectivity index (χ1) is 5.90. The van der Waals surface area contributed by atoms with Gasteiger partial charge < -0.3 is 0 Å². The van der Waals surface area contributed by atoms with Crippen molar-refractivity contribution >= 4 is 22.7 Å². The van der Waals surface area contributed by atoms with Crippen LogP contribution in [0.4, 0.5) is 5.69 Å². The molecule has 0 aliphatic rings. The molecule has 0 amide bonds. The quantitative estimate of drug-likeness (QED) is 0.506. The van der Waals surface area contributed by atoms with Crippen LogP contribution >= 0.6 is 0 Å². The lowest BCUT2D eigenvalue weighted by molar-refractivity contribution is 0.565. The normalized spacial score (nSPS) is 9.67. The Hall–Kier alpha value is -1.93. The van der Waals surface area contributed by atoms with E-state index in [1.54, 1.807) is 18.3 Å². The van der Waals surface area contributed by atoms with E-state index in [9.17, 15) is 4.79 Å². The number of rotatable bonds is 1. The molecule has 0 saturated heterocycles. The molecule has 1 aromatic heterocycles. The minimum Gasteiger partial charge on any atom is -0.278 e. The van der Waals surface area contributed by atoms with Crippen molar-refractivity contribution in [3.8, 4) is 0 Å². The molecule has 2 aromatic rings. The zero-order valence-corrected chi connectivity index (χ0v) is 6.11. The summed E-state index contributed by atoms with van der Waals surface area (Å²) in [6.45, 7) is 0. The van der Waals surface area contributed by atoms with Crippen LogP contribution in [0.15, 0.2) is 29.4 Å². The number of nitrogens with one attached hydrogen (secondary N) is 1. The van der Waals surface area contributed by atoms with E-state index in [0.29, 0.717) is 5.69 Å². The molecule has 0 aliphatic carbocycles. The third-order valence-corrected chi connectivity index (χ3v) is 1.60. The van der Waals surface area contributed by atoms with Gasteiger partial charge in [0.25, 0.3) is 0 Å². The van der Waals surface area contributed by atoms with Gasteiger partial charge in [-0.3, -0.25) is 5.10 Å². The zero-order valence-electron chi connectivity index (χ0n) is 6.11. The number of benzene rings is 1. The van der Waals surface area contributed by atoms with Gasteiger partial charge in [-0.2, -0.15) is 10.1 Å². The van der Waals surface area contributed by atoms with Gasteiger partial charge in [0.15, 0.2) is 0 Å². The molecule has 58 valence electrons. The summed E-state index contributed by atoms with van der Waals surface area (Å²) in [6, 6.07) is 5.32. The number of aromatic nitrogens is 2. The van der Waals surface area contributed by atoms with Gasteiger partial charge in [0.1, 0.15) is 0 Å². The number of hydrogen-bond donors (Lipinski definition) is 1. The van der Waals surface area contributed by atoms with E-state index in [-0.39, 0.29) is 0 Å². The Morgan fingerprint density at radius 2 is 2.42 bits per heavy atom. The zero-order chi connectivity index (χ0) is 8.39. The Labute approximate surface area is 67.9 Å². The second-order valence-electron chi connectivity index (χ2n) is 2.34. The monoisotopic (exact) mass is 159 g/mol. The largest absolute Gasteiger partial charge is 0.278 e. The molecule has 4 heteroatoms. The minimum atomic E-state index is 0.585. The van der Waals surface area contributed by atoms with Gasteiger partial charge in [-0.15, -0.1) is 0 Å². The van der Waals surface area contributed by atoms with Crippen LogP contribution in [0.5, 0.6) is 0 Å². The topological polar surface area (TPSA) is 58.1 Å². The molecule has 1 heterocycles. The van der Waals surface area contributed by atoms with Crippen LogP contribution < -0.4 is 0 Å². The van der Waals surface area contributed by atoms with Gasteiger partial charge in [-0.1, -0.05) is 0 Å². The highest BCUT2D eigenvalue weighted by atomic mass is 16.1.